The van der Waals surface area contributed by atoms with Gasteiger partial charge in [0.25, 0.3) is 5.91 Å². The van der Waals surface area contributed by atoms with Crippen molar-refractivity contribution in [1.82, 2.24) is 5.43 Å². The molecule has 0 heterocycles. The average molecular weight is 319 g/mol. The van der Waals surface area contributed by atoms with Crippen LogP contribution in [0.5, 0.6) is 5.75 Å². The lowest BCUT2D eigenvalue weighted by molar-refractivity contribution is 0.0955. The molecular weight excluding hydrogens is 304 g/mol. The van der Waals surface area contributed by atoms with Gasteiger partial charge in [0.2, 0.25) is 0 Å². The number of halogens is 1. The first-order chi connectivity index (χ1) is 10.5. The molecule has 0 spiro atoms. The molecule has 0 aliphatic carbocycles. The third-order valence-corrected chi connectivity index (χ3v) is 3.36. The zero-order chi connectivity index (χ0) is 16.1. The standard InChI is InChI=1S/C16H15ClN2O3/c1-10-5-6-12(9-20)14(15(10)21)8-18-19-16(22)11-3-2-4-13(17)7-11/h2-8,20-21H,9H2,1H3,(H,19,22)/b18-8-. The molecule has 0 aromatic heterocycles. The van der Waals surface area contributed by atoms with Gasteiger partial charge in [0.05, 0.1) is 12.8 Å². The minimum Gasteiger partial charge on any atom is -0.507 e. The van der Waals surface area contributed by atoms with Gasteiger partial charge in [0.15, 0.2) is 0 Å². The molecule has 0 aliphatic rings. The van der Waals surface area contributed by atoms with Crippen molar-refractivity contribution >= 4 is 23.7 Å². The zero-order valence-corrected chi connectivity index (χ0v) is 12.6. The van der Waals surface area contributed by atoms with E-state index >= 15 is 0 Å². The number of hydrogen-bond acceptors (Lipinski definition) is 4. The Morgan fingerprint density at radius 2 is 2.14 bits per heavy atom. The Morgan fingerprint density at radius 3 is 2.82 bits per heavy atom. The number of amides is 1. The van der Waals surface area contributed by atoms with Crippen molar-refractivity contribution in [2.24, 2.45) is 5.10 Å². The molecule has 0 fully saturated rings. The molecule has 2 aromatic rings. The van der Waals surface area contributed by atoms with Crippen LogP contribution in [0.15, 0.2) is 41.5 Å². The molecule has 2 aromatic carbocycles. The molecule has 2 rings (SSSR count). The number of nitrogens with zero attached hydrogens (tertiary/aromatic N) is 1. The van der Waals surface area contributed by atoms with Gasteiger partial charge in [0, 0.05) is 16.1 Å². The van der Waals surface area contributed by atoms with Crippen LogP contribution in [0.2, 0.25) is 5.02 Å². The predicted molar refractivity (Wildman–Crippen MR) is 85.3 cm³/mol. The smallest absolute Gasteiger partial charge is 0.271 e. The van der Waals surface area contributed by atoms with E-state index in [9.17, 15) is 15.0 Å². The monoisotopic (exact) mass is 318 g/mol. The van der Waals surface area contributed by atoms with Crippen molar-refractivity contribution in [2.45, 2.75) is 13.5 Å². The van der Waals surface area contributed by atoms with Gasteiger partial charge in [-0.15, -0.1) is 0 Å². The van der Waals surface area contributed by atoms with Crippen LogP contribution in [0.3, 0.4) is 0 Å². The van der Waals surface area contributed by atoms with E-state index in [1.807, 2.05) is 0 Å². The summed E-state index contributed by atoms with van der Waals surface area (Å²) < 4.78 is 0. The van der Waals surface area contributed by atoms with Crippen LogP contribution < -0.4 is 5.43 Å². The molecule has 114 valence electrons. The lowest BCUT2D eigenvalue weighted by Gasteiger charge is -2.08. The molecule has 22 heavy (non-hydrogen) atoms. The van der Waals surface area contributed by atoms with Gasteiger partial charge in [-0.2, -0.15) is 5.10 Å². The Balaban J connectivity index is 2.16. The first-order valence-electron chi connectivity index (χ1n) is 6.54. The fourth-order valence-corrected chi connectivity index (χ4v) is 2.08. The number of phenols is 1. The van der Waals surface area contributed by atoms with Crippen molar-refractivity contribution in [1.29, 1.82) is 0 Å². The Bertz CT molecular complexity index is 729. The van der Waals surface area contributed by atoms with Gasteiger partial charge in [-0.25, -0.2) is 5.43 Å². The molecule has 0 saturated heterocycles. The highest BCUT2D eigenvalue weighted by atomic mass is 35.5. The summed E-state index contributed by atoms with van der Waals surface area (Å²) in [4.78, 5) is 11.9. The van der Waals surface area contributed by atoms with E-state index in [4.69, 9.17) is 11.6 Å². The largest absolute Gasteiger partial charge is 0.507 e. The second-order valence-electron chi connectivity index (χ2n) is 4.67. The van der Waals surface area contributed by atoms with Crippen LogP contribution in [0.4, 0.5) is 0 Å². The highest BCUT2D eigenvalue weighted by molar-refractivity contribution is 6.30. The Morgan fingerprint density at radius 1 is 1.36 bits per heavy atom. The van der Waals surface area contributed by atoms with E-state index in [-0.39, 0.29) is 12.4 Å². The number of phenolic OH excluding ortho intramolecular Hbond substituents is 1. The summed E-state index contributed by atoms with van der Waals surface area (Å²) in [5, 5.41) is 23.5. The molecule has 6 heteroatoms. The van der Waals surface area contributed by atoms with Crippen LogP contribution in [0.1, 0.15) is 27.0 Å². The highest BCUT2D eigenvalue weighted by Crippen LogP contribution is 2.24. The lowest BCUT2D eigenvalue weighted by atomic mass is 10.0. The van der Waals surface area contributed by atoms with Crippen molar-refractivity contribution in [3.63, 3.8) is 0 Å². The van der Waals surface area contributed by atoms with Crippen LogP contribution in [-0.2, 0) is 6.61 Å². The van der Waals surface area contributed by atoms with E-state index in [2.05, 4.69) is 10.5 Å². The molecular formula is C16H15ClN2O3. The van der Waals surface area contributed by atoms with Crippen molar-refractivity contribution in [3.05, 3.63) is 63.7 Å². The number of hydrogen-bond donors (Lipinski definition) is 3. The van der Waals surface area contributed by atoms with Gasteiger partial charge >= 0.3 is 0 Å². The summed E-state index contributed by atoms with van der Waals surface area (Å²) in [6.07, 6.45) is 1.30. The summed E-state index contributed by atoms with van der Waals surface area (Å²) in [6, 6.07) is 9.85. The van der Waals surface area contributed by atoms with Crippen LogP contribution in [-0.4, -0.2) is 22.3 Å². The summed E-state index contributed by atoms with van der Waals surface area (Å²) in [5.74, 6) is -0.399. The number of carbonyl (C=O) groups excluding carboxylic acids is 1. The minimum atomic E-state index is -0.420. The Hall–Kier alpha value is -2.37. The van der Waals surface area contributed by atoms with Crippen LogP contribution in [0, 0.1) is 6.92 Å². The summed E-state index contributed by atoms with van der Waals surface area (Å²) in [6.45, 7) is 1.50. The first-order valence-corrected chi connectivity index (χ1v) is 6.92. The van der Waals surface area contributed by atoms with Gasteiger partial charge < -0.3 is 10.2 Å². The fraction of sp³-hybridized carbons (Fsp3) is 0.125. The molecule has 0 atom stereocenters. The third kappa shape index (κ3) is 3.63. The molecule has 0 unspecified atom stereocenters. The van der Waals surface area contributed by atoms with Crippen molar-refractivity contribution in [3.8, 4) is 5.75 Å². The number of nitrogens with one attached hydrogen (secondary N) is 1. The van der Waals surface area contributed by atoms with Gasteiger partial charge in [-0.05, 0) is 36.2 Å². The van der Waals surface area contributed by atoms with Gasteiger partial charge in [-0.1, -0.05) is 29.8 Å². The van der Waals surface area contributed by atoms with E-state index < -0.39 is 5.91 Å². The van der Waals surface area contributed by atoms with Crippen LogP contribution in [0.25, 0.3) is 0 Å². The zero-order valence-electron chi connectivity index (χ0n) is 11.9. The minimum absolute atomic E-state index is 0.0207. The normalized spacial score (nSPS) is 10.9. The van der Waals surface area contributed by atoms with Gasteiger partial charge in [-0.3, -0.25) is 4.79 Å². The molecule has 1 amide bonds. The number of benzene rings is 2. The first kappa shape index (κ1) is 16.0. The number of aromatic hydroxyl groups is 1. The molecule has 5 nitrogen and oxygen atoms in total. The number of aliphatic hydroxyl groups is 1. The maximum absolute atomic E-state index is 11.9. The SMILES string of the molecule is Cc1ccc(CO)c(/C=N\NC(=O)c2cccc(Cl)c2)c1O. The van der Waals surface area contributed by atoms with Crippen molar-refractivity contribution < 1.29 is 15.0 Å². The van der Waals surface area contributed by atoms with E-state index in [0.717, 1.165) is 0 Å². The lowest BCUT2D eigenvalue weighted by Crippen LogP contribution is -2.17. The number of aryl methyl sites for hydroxylation is 1. The third-order valence-electron chi connectivity index (χ3n) is 3.13. The van der Waals surface area contributed by atoms with E-state index in [1.54, 1.807) is 37.3 Å². The summed E-state index contributed by atoms with van der Waals surface area (Å²) in [7, 11) is 0. The predicted octanol–water partition coefficient (Wildman–Crippen LogP) is 2.61. The number of rotatable bonds is 4. The average Bonchev–Trinajstić information content (AvgIpc) is 2.51. The van der Waals surface area contributed by atoms with Crippen LogP contribution >= 0.6 is 11.6 Å². The molecule has 0 aliphatic heterocycles. The molecule has 0 bridgehead atoms. The fourth-order valence-electron chi connectivity index (χ4n) is 1.89. The maximum atomic E-state index is 11.9. The maximum Gasteiger partial charge on any atom is 0.271 e. The Labute approximate surface area is 132 Å². The van der Waals surface area contributed by atoms with Crippen molar-refractivity contribution in [2.75, 3.05) is 0 Å². The summed E-state index contributed by atoms with van der Waals surface area (Å²) in [5.41, 5.74) is 4.27. The second-order valence-corrected chi connectivity index (χ2v) is 5.11. The molecule has 3 N–H and O–H groups in total. The topological polar surface area (TPSA) is 81.9 Å². The van der Waals surface area contributed by atoms with E-state index in [0.29, 0.717) is 27.3 Å². The summed E-state index contributed by atoms with van der Waals surface area (Å²) >= 11 is 5.82. The van der Waals surface area contributed by atoms with E-state index in [1.165, 1.54) is 12.3 Å². The molecule has 0 radical (unpaired) electrons. The number of aliphatic hydroxyl groups excluding tert-OH is 1. The van der Waals surface area contributed by atoms with Gasteiger partial charge in [0.1, 0.15) is 5.75 Å². The molecule has 0 saturated carbocycles. The second kappa shape index (κ2) is 7.06. The number of carbonyl (C=O) groups is 1. The quantitative estimate of drug-likeness (QED) is 0.598. The number of hydrazone groups is 1. The Kier molecular flexibility index (Phi) is 5.14. The highest BCUT2D eigenvalue weighted by Gasteiger charge is 2.09.